The summed E-state index contributed by atoms with van der Waals surface area (Å²) in [5, 5.41) is 42.9. The van der Waals surface area contributed by atoms with Crippen molar-refractivity contribution >= 4 is 59.1 Å². The van der Waals surface area contributed by atoms with Crippen molar-refractivity contribution in [3.05, 3.63) is 35.9 Å². The fourth-order valence-corrected chi connectivity index (χ4v) is 7.01. The summed E-state index contributed by atoms with van der Waals surface area (Å²) in [4.78, 5) is 131. The number of amides is 9. The van der Waals surface area contributed by atoms with Crippen LogP contribution in [0.3, 0.4) is 0 Å². The lowest BCUT2D eigenvalue weighted by molar-refractivity contribution is -0.149. The van der Waals surface area contributed by atoms with Crippen LogP contribution in [0, 0.1) is 5.92 Å². The highest BCUT2D eigenvalue weighted by Gasteiger charge is 2.40. The molecule has 0 aromatic heterocycles. The van der Waals surface area contributed by atoms with Crippen molar-refractivity contribution in [2.24, 2.45) is 17.4 Å². The topological polar surface area (TPSA) is 362 Å². The number of benzene rings is 1. The molecular weight excluding hydrogens is 816 g/mol. The molecule has 2 heterocycles. The molecule has 1 aromatic rings. The van der Waals surface area contributed by atoms with Gasteiger partial charge in [0.25, 0.3) is 0 Å². The molecule has 0 radical (unpaired) electrons. The molecule has 23 heteroatoms. The minimum absolute atomic E-state index is 0.0161. The minimum atomic E-state index is -1.61. The number of rotatable bonds is 23. The number of nitrogens with one attached hydrogen (secondary N) is 6. The Morgan fingerprint density at radius 3 is 1.87 bits per heavy atom. The molecule has 2 aliphatic rings. The van der Waals surface area contributed by atoms with Gasteiger partial charge in [0.1, 0.15) is 42.3 Å². The molecule has 23 nitrogen and oxygen atoms in total. The molecule has 3 rings (SSSR count). The van der Waals surface area contributed by atoms with E-state index in [4.69, 9.17) is 16.6 Å². The Kier molecular flexibility index (Phi) is 19.7. The maximum Gasteiger partial charge on any atom is 0.326 e. The second-order valence-electron chi connectivity index (χ2n) is 15.2. The largest absolute Gasteiger partial charge is 0.480 e. The lowest BCUT2D eigenvalue weighted by Crippen LogP contribution is -2.59. The molecule has 13 N–H and O–H groups in total. The second-order valence-corrected chi connectivity index (χ2v) is 15.2. The molecule has 8 atom stereocenters. The van der Waals surface area contributed by atoms with Crippen LogP contribution in [-0.4, -0.2) is 166 Å². The Morgan fingerprint density at radius 1 is 0.726 bits per heavy atom. The maximum atomic E-state index is 13.6. The van der Waals surface area contributed by atoms with Gasteiger partial charge in [-0.15, -0.1) is 0 Å². The smallest absolute Gasteiger partial charge is 0.326 e. The fraction of sp³-hybridized carbons (Fsp3) is 0.590. The summed E-state index contributed by atoms with van der Waals surface area (Å²) < 4.78 is 0. The van der Waals surface area contributed by atoms with Crippen LogP contribution in [-0.2, 0) is 54.4 Å². The molecule has 2 saturated heterocycles. The van der Waals surface area contributed by atoms with Crippen molar-refractivity contribution in [1.29, 1.82) is 0 Å². The standard InChI is InChI=1S/C39H58N10O13/c1-3-21(2)32(47-31(54)18-43-35(57)27-11-7-13-48(27)38(60)26(20-51)46-33(55)23(40)19-50)36(58)45-24(16-29(41)52)34(56)42-17-30(53)44-25(15-22-9-5-4-6-10-22)37(59)49-14-8-12-28(49)39(61)62/h4-6,9-10,21,23-28,32,50-51H,3,7-8,11-20,40H2,1-2H3,(H2,41,52)(H,42,56)(H,43,57)(H,44,53)(H,45,58)(H,46,55)(H,47,54)(H,61,62)/t21-,23-,24-,25-,26-,27-,28-,32-/m0/s1. The number of carbonyl (C=O) groups is 10. The van der Waals surface area contributed by atoms with E-state index < -0.39 is 140 Å². The van der Waals surface area contributed by atoms with E-state index in [-0.39, 0.29) is 32.4 Å². The van der Waals surface area contributed by atoms with E-state index in [1.165, 1.54) is 4.90 Å². The van der Waals surface area contributed by atoms with E-state index in [1.54, 1.807) is 44.2 Å². The summed E-state index contributed by atoms with van der Waals surface area (Å²) in [6, 6.07) is -0.368. The zero-order valence-electron chi connectivity index (χ0n) is 34.7. The lowest BCUT2D eigenvalue weighted by atomic mass is 9.97. The molecule has 0 saturated carbocycles. The monoisotopic (exact) mass is 874 g/mol. The first-order valence-electron chi connectivity index (χ1n) is 20.3. The number of nitrogens with zero attached hydrogens (tertiary/aromatic N) is 2. The van der Waals surface area contributed by atoms with Crippen molar-refractivity contribution in [2.75, 3.05) is 39.4 Å². The van der Waals surface area contributed by atoms with Gasteiger partial charge in [0.2, 0.25) is 53.2 Å². The van der Waals surface area contributed by atoms with Gasteiger partial charge in [-0.3, -0.25) is 43.2 Å². The number of hydrogen-bond donors (Lipinski definition) is 11. The number of primary amides is 1. The molecule has 342 valence electrons. The van der Waals surface area contributed by atoms with E-state index in [0.29, 0.717) is 24.8 Å². The van der Waals surface area contributed by atoms with Gasteiger partial charge in [-0.1, -0.05) is 50.6 Å². The third kappa shape index (κ3) is 14.5. The van der Waals surface area contributed by atoms with Gasteiger partial charge in [-0.25, -0.2) is 4.79 Å². The molecule has 0 bridgehead atoms. The Hall–Kier alpha value is -6.20. The number of carboxylic acid groups (broad SMARTS) is 1. The molecule has 62 heavy (non-hydrogen) atoms. The van der Waals surface area contributed by atoms with Crippen molar-refractivity contribution in [3.63, 3.8) is 0 Å². The fourth-order valence-electron chi connectivity index (χ4n) is 7.01. The van der Waals surface area contributed by atoms with Crippen LogP contribution in [0.1, 0.15) is 57.9 Å². The Bertz CT molecular complexity index is 1800. The number of aliphatic hydroxyl groups is 2. The second kappa shape index (κ2) is 24.3. The normalized spacial score (nSPS) is 18.8. The number of aliphatic hydroxyl groups excluding tert-OH is 2. The Morgan fingerprint density at radius 2 is 1.29 bits per heavy atom. The number of carbonyl (C=O) groups excluding carboxylic acids is 9. The predicted molar refractivity (Wildman–Crippen MR) is 216 cm³/mol. The highest BCUT2D eigenvalue weighted by Crippen LogP contribution is 2.21. The summed E-state index contributed by atoms with van der Waals surface area (Å²) in [6.45, 7) is 0.731. The summed E-state index contributed by atoms with van der Waals surface area (Å²) in [5.74, 6) is -9.31. The van der Waals surface area contributed by atoms with Crippen LogP contribution >= 0.6 is 0 Å². The van der Waals surface area contributed by atoms with Crippen molar-refractivity contribution in [3.8, 4) is 0 Å². The van der Waals surface area contributed by atoms with E-state index in [9.17, 15) is 58.2 Å². The van der Waals surface area contributed by atoms with Crippen LogP contribution in [0.15, 0.2) is 30.3 Å². The Labute approximate surface area is 357 Å². The van der Waals surface area contributed by atoms with Gasteiger partial charge in [0.15, 0.2) is 0 Å². The van der Waals surface area contributed by atoms with E-state index in [2.05, 4.69) is 31.9 Å². The van der Waals surface area contributed by atoms with Crippen molar-refractivity contribution in [2.45, 2.75) is 101 Å². The molecule has 2 aliphatic heterocycles. The van der Waals surface area contributed by atoms with Crippen LogP contribution in [0.4, 0.5) is 0 Å². The summed E-state index contributed by atoms with van der Waals surface area (Å²) in [5.41, 5.74) is 11.5. The van der Waals surface area contributed by atoms with E-state index >= 15 is 0 Å². The number of aliphatic carboxylic acids is 1. The first-order valence-corrected chi connectivity index (χ1v) is 20.3. The first-order chi connectivity index (χ1) is 29.4. The molecule has 2 fully saturated rings. The zero-order valence-corrected chi connectivity index (χ0v) is 34.7. The van der Waals surface area contributed by atoms with Crippen LogP contribution in [0.5, 0.6) is 0 Å². The SMILES string of the molecule is CC[C@H](C)[C@H](NC(=O)CNC(=O)[C@@H]1CCCN1C(=O)[C@H](CO)NC(=O)[C@@H](N)CO)C(=O)N[C@@H](CC(N)=O)C(=O)NCC(=O)N[C@@H](Cc1ccccc1)C(=O)N1CCC[C@H]1C(=O)O. The maximum absolute atomic E-state index is 13.6. The Balaban J connectivity index is 1.63. The quantitative estimate of drug-likeness (QED) is 0.0490. The van der Waals surface area contributed by atoms with Gasteiger partial charge < -0.3 is 68.5 Å². The molecule has 9 amide bonds. The number of carboxylic acids is 1. The van der Waals surface area contributed by atoms with Crippen molar-refractivity contribution in [1.82, 2.24) is 41.7 Å². The molecule has 0 spiro atoms. The van der Waals surface area contributed by atoms with Crippen molar-refractivity contribution < 1.29 is 63.3 Å². The highest BCUT2D eigenvalue weighted by atomic mass is 16.4. The third-order valence-electron chi connectivity index (χ3n) is 10.6. The minimum Gasteiger partial charge on any atom is -0.480 e. The first kappa shape index (κ1) is 50.2. The molecule has 0 aliphatic carbocycles. The van der Waals surface area contributed by atoms with Crippen LogP contribution < -0.4 is 43.4 Å². The lowest BCUT2D eigenvalue weighted by Gasteiger charge is -2.28. The average molecular weight is 875 g/mol. The predicted octanol–water partition coefficient (Wildman–Crippen LogP) is -5.30. The number of nitrogens with two attached hydrogens (primary N) is 2. The van der Waals surface area contributed by atoms with E-state index in [0.717, 1.165) is 4.90 Å². The van der Waals surface area contributed by atoms with Gasteiger partial charge in [-0.2, -0.15) is 0 Å². The van der Waals surface area contributed by atoms with Crippen LogP contribution in [0.2, 0.25) is 0 Å². The third-order valence-corrected chi connectivity index (χ3v) is 10.6. The summed E-state index contributed by atoms with van der Waals surface area (Å²) >= 11 is 0. The molecular formula is C39H58N10O13. The summed E-state index contributed by atoms with van der Waals surface area (Å²) in [6.07, 6.45) is 0.948. The highest BCUT2D eigenvalue weighted by molar-refractivity contribution is 5.98. The average Bonchev–Trinajstić information content (AvgIpc) is 3.96. The van der Waals surface area contributed by atoms with Crippen LogP contribution in [0.25, 0.3) is 0 Å². The number of likely N-dealkylation sites (tertiary alicyclic amines) is 2. The van der Waals surface area contributed by atoms with Gasteiger partial charge in [-0.05, 0) is 37.2 Å². The zero-order chi connectivity index (χ0) is 46.1. The van der Waals surface area contributed by atoms with E-state index in [1.807, 2.05) is 0 Å². The molecule has 0 unspecified atom stereocenters. The van der Waals surface area contributed by atoms with Gasteiger partial charge in [0, 0.05) is 19.5 Å². The number of hydrogen-bond acceptors (Lipinski definition) is 13. The van der Waals surface area contributed by atoms with Gasteiger partial charge in [0.05, 0.1) is 32.7 Å². The summed E-state index contributed by atoms with van der Waals surface area (Å²) in [7, 11) is 0. The van der Waals surface area contributed by atoms with Gasteiger partial charge >= 0.3 is 5.97 Å². The molecule has 1 aromatic carbocycles.